The number of halogens is 1. The summed E-state index contributed by atoms with van der Waals surface area (Å²) in [7, 11) is 3.68. The number of hydrogen-bond donors (Lipinski definition) is 0. The van der Waals surface area contributed by atoms with E-state index in [1.54, 1.807) is 12.4 Å². The fraction of sp³-hybridized carbons (Fsp3) is 0.571. The molecule has 2 heterocycles. The summed E-state index contributed by atoms with van der Waals surface area (Å²) < 4.78 is 7.85. The lowest BCUT2D eigenvalue weighted by Gasteiger charge is -2.70. The normalized spacial score (nSPS) is 33.5. The lowest BCUT2D eigenvalue weighted by Crippen LogP contribution is -2.78. The minimum absolute atomic E-state index is 0.0487. The number of benzene rings is 1. The smallest absolute Gasteiger partial charge is 0.118 e. The standard InChI is InChI=1S/C14H19INOPS/c1-10(2)14-9-18(13(14)8-16(14)19-15)12-6-4-11(17-3)5-7-12/h4-7,10,13H,8-9H2,1-3H3. The molecule has 0 radical (unpaired) electrons. The number of fused-ring (bicyclic) bond motifs is 1. The predicted octanol–water partition coefficient (Wildman–Crippen LogP) is 3.89. The zero-order valence-corrected chi connectivity index (χ0v) is 15.3. The Kier molecular flexibility index (Phi) is 4.07. The molecule has 0 aromatic heterocycles. The highest BCUT2D eigenvalue weighted by Crippen LogP contribution is 2.69. The number of nitrogens with zero attached hydrogens (tertiary/aromatic N) is 1. The van der Waals surface area contributed by atoms with Crippen molar-refractivity contribution in [3.63, 3.8) is 0 Å². The number of rotatable bonds is 4. The van der Waals surface area contributed by atoms with Gasteiger partial charge < -0.3 is 4.74 Å². The zero-order valence-electron chi connectivity index (χ0n) is 11.5. The maximum absolute atomic E-state index is 5.25. The van der Waals surface area contributed by atoms with Crippen LogP contribution in [-0.2, 0) is 0 Å². The highest BCUT2D eigenvalue weighted by molar-refractivity contribution is 14.2. The van der Waals surface area contributed by atoms with Crippen LogP contribution >= 0.6 is 38.2 Å². The van der Waals surface area contributed by atoms with Gasteiger partial charge in [0.1, 0.15) is 5.75 Å². The van der Waals surface area contributed by atoms with Crippen LogP contribution in [0.15, 0.2) is 24.3 Å². The molecule has 2 nitrogen and oxygen atoms in total. The summed E-state index contributed by atoms with van der Waals surface area (Å²) in [6.07, 6.45) is 1.37. The van der Waals surface area contributed by atoms with Gasteiger partial charge in [-0.05, 0) is 38.6 Å². The molecule has 19 heavy (non-hydrogen) atoms. The predicted molar refractivity (Wildman–Crippen MR) is 94.1 cm³/mol. The summed E-state index contributed by atoms with van der Waals surface area (Å²) in [5.74, 6) is 1.72. The van der Waals surface area contributed by atoms with Crippen molar-refractivity contribution in [3.8, 4) is 5.75 Å². The topological polar surface area (TPSA) is 12.5 Å². The third-order valence-corrected chi connectivity index (χ3v) is 9.92. The van der Waals surface area contributed by atoms with Gasteiger partial charge in [-0.25, -0.2) is 4.31 Å². The van der Waals surface area contributed by atoms with Gasteiger partial charge in [-0.15, -0.1) is 0 Å². The first-order valence-electron chi connectivity index (χ1n) is 6.60. The van der Waals surface area contributed by atoms with Crippen molar-refractivity contribution in [1.82, 2.24) is 4.31 Å². The maximum Gasteiger partial charge on any atom is 0.118 e. The van der Waals surface area contributed by atoms with Gasteiger partial charge in [0.25, 0.3) is 0 Å². The molecule has 0 amide bonds. The average Bonchev–Trinajstić information content (AvgIpc) is 2.41. The molecular formula is C14H19INOPS. The van der Waals surface area contributed by atoms with E-state index in [0.717, 1.165) is 17.3 Å². The lowest BCUT2D eigenvalue weighted by molar-refractivity contribution is 0.0471. The van der Waals surface area contributed by atoms with Crippen molar-refractivity contribution < 1.29 is 4.74 Å². The van der Waals surface area contributed by atoms with Crippen molar-refractivity contribution in [3.05, 3.63) is 24.3 Å². The second kappa shape index (κ2) is 5.36. The van der Waals surface area contributed by atoms with Crippen LogP contribution < -0.4 is 10.0 Å². The van der Waals surface area contributed by atoms with Gasteiger partial charge in [0.2, 0.25) is 0 Å². The molecule has 2 aliphatic rings. The monoisotopic (exact) mass is 407 g/mol. The van der Waals surface area contributed by atoms with Crippen LogP contribution in [0.1, 0.15) is 13.8 Å². The van der Waals surface area contributed by atoms with Crippen molar-refractivity contribution in [2.24, 2.45) is 5.92 Å². The largest absolute Gasteiger partial charge is 0.497 e. The third kappa shape index (κ3) is 2.05. The summed E-state index contributed by atoms with van der Waals surface area (Å²) in [5.41, 5.74) is 1.38. The van der Waals surface area contributed by atoms with Crippen LogP contribution in [0, 0.1) is 5.92 Å². The number of methoxy groups -OCH3 is 1. The average molecular weight is 407 g/mol. The third-order valence-electron chi connectivity index (χ3n) is 4.67. The molecule has 0 spiro atoms. The van der Waals surface area contributed by atoms with E-state index < -0.39 is 0 Å². The van der Waals surface area contributed by atoms with E-state index in [4.69, 9.17) is 4.74 Å². The molecule has 1 aromatic carbocycles. The van der Waals surface area contributed by atoms with E-state index in [9.17, 15) is 0 Å². The van der Waals surface area contributed by atoms with Gasteiger partial charge in [-0.1, -0.05) is 33.9 Å². The van der Waals surface area contributed by atoms with Gasteiger partial charge in [-0.3, -0.25) is 0 Å². The molecule has 1 aromatic rings. The minimum Gasteiger partial charge on any atom is -0.497 e. The van der Waals surface area contributed by atoms with Gasteiger partial charge in [0.05, 0.1) is 7.11 Å². The van der Waals surface area contributed by atoms with Crippen molar-refractivity contribution >= 4 is 43.6 Å². The number of hydrogen-bond acceptors (Lipinski definition) is 3. The van der Waals surface area contributed by atoms with E-state index in [2.05, 4.69) is 63.6 Å². The second-order valence-electron chi connectivity index (χ2n) is 5.62. The van der Waals surface area contributed by atoms with Crippen molar-refractivity contribution in [1.29, 1.82) is 0 Å². The van der Waals surface area contributed by atoms with Crippen LogP contribution in [0.4, 0.5) is 0 Å². The Balaban J connectivity index is 1.77. The van der Waals surface area contributed by atoms with Crippen molar-refractivity contribution in [2.75, 3.05) is 19.8 Å². The Labute approximate surface area is 133 Å². The molecule has 2 aliphatic heterocycles. The van der Waals surface area contributed by atoms with E-state index in [1.165, 1.54) is 12.7 Å². The van der Waals surface area contributed by atoms with Gasteiger partial charge in [0.15, 0.2) is 0 Å². The van der Waals surface area contributed by atoms with E-state index in [1.807, 2.05) is 9.12 Å². The molecular weight excluding hydrogens is 388 g/mol. The Bertz CT molecular complexity index is 469. The molecule has 3 unspecified atom stereocenters. The molecule has 104 valence electrons. The molecule has 5 heteroatoms. The number of ether oxygens (including phenoxy) is 1. The zero-order chi connectivity index (χ0) is 13.6. The van der Waals surface area contributed by atoms with E-state index >= 15 is 0 Å². The molecule has 0 saturated carbocycles. The first kappa shape index (κ1) is 14.4. The summed E-state index contributed by atoms with van der Waals surface area (Å²) in [4.78, 5) is 0. The minimum atomic E-state index is 0.0487. The summed E-state index contributed by atoms with van der Waals surface area (Å²) in [6, 6.07) is 8.76. The molecule has 0 N–H and O–H groups in total. The molecule has 3 atom stereocenters. The van der Waals surface area contributed by atoms with Crippen LogP contribution in [0.5, 0.6) is 5.75 Å². The van der Waals surface area contributed by atoms with E-state index in [0.29, 0.717) is 5.54 Å². The van der Waals surface area contributed by atoms with Crippen molar-refractivity contribution in [2.45, 2.75) is 25.0 Å². The van der Waals surface area contributed by atoms with Gasteiger partial charge in [0, 0.05) is 38.9 Å². The summed E-state index contributed by atoms with van der Waals surface area (Å²) in [6.45, 7) is 6.03. The summed E-state index contributed by atoms with van der Waals surface area (Å²) >= 11 is 2.43. The van der Waals surface area contributed by atoms with Gasteiger partial charge in [-0.2, -0.15) is 0 Å². The Morgan fingerprint density at radius 1 is 1.42 bits per heavy atom. The Morgan fingerprint density at radius 2 is 2.11 bits per heavy atom. The Morgan fingerprint density at radius 3 is 2.58 bits per heavy atom. The molecule has 0 bridgehead atoms. The maximum atomic E-state index is 5.25. The summed E-state index contributed by atoms with van der Waals surface area (Å²) in [5, 5.41) is 1.55. The molecule has 2 fully saturated rings. The second-order valence-corrected chi connectivity index (χ2v) is 9.77. The first-order valence-corrected chi connectivity index (χ1v) is 11.5. The molecule has 2 saturated heterocycles. The molecule has 3 rings (SSSR count). The van der Waals surface area contributed by atoms with Crippen LogP contribution in [0.3, 0.4) is 0 Å². The lowest BCUT2D eigenvalue weighted by atomic mass is 9.77. The SMILES string of the molecule is COc1ccc(P2CC3(C(C)C)C2CN3SI)cc1. The first-order chi connectivity index (χ1) is 9.13. The quantitative estimate of drug-likeness (QED) is 0.427. The highest BCUT2D eigenvalue weighted by Gasteiger charge is 2.66. The van der Waals surface area contributed by atoms with Crippen LogP contribution in [-0.4, -0.2) is 35.3 Å². The highest BCUT2D eigenvalue weighted by atomic mass is 127. The Hall–Kier alpha value is 0.490. The molecule has 0 aliphatic carbocycles. The van der Waals surface area contributed by atoms with Gasteiger partial charge >= 0.3 is 0 Å². The van der Waals surface area contributed by atoms with Crippen LogP contribution in [0.2, 0.25) is 0 Å². The van der Waals surface area contributed by atoms with Crippen LogP contribution in [0.25, 0.3) is 0 Å². The fourth-order valence-corrected chi connectivity index (χ4v) is 9.66. The fourth-order valence-electron chi connectivity index (χ4n) is 3.35. The van der Waals surface area contributed by atoms with E-state index in [-0.39, 0.29) is 7.92 Å².